The van der Waals surface area contributed by atoms with E-state index < -0.39 is 5.60 Å². The second kappa shape index (κ2) is 4.52. The number of aromatic nitrogens is 1. The molecular weight excluding hydrogens is 298 g/mol. The van der Waals surface area contributed by atoms with Gasteiger partial charge in [-0.25, -0.2) is 4.98 Å². The molecule has 0 aliphatic rings. The molecular formula is C13H14BrNOS. The zero-order chi connectivity index (χ0) is 12.6. The van der Waals surface area contributed by atoms with Crippen molar-refractivity contribution in [1.82, 2.24) is 4.98 Å². The maximum absolute atomic E-state index is 10.8. The summed E-state index contributed by atoms with van der Waals surface area (Å²) in [5, 5.41) is 10.8. The molecule has 90 valence electrons. The van der Waals surface area contributed by atoms with Gasteiger partial charge in [-0.05, 0) is 47.8 Å². The zero-order valence-corrected chi connectivity index (χ0v) is 12.4. The van der Waals surface area contributed by atoms with Crippen LogP contribution in [0.4, 0.5) is 0 Å². The molecule has 2 rings (SSSR count). The van der Waals surface area contributed by atoms with Crippen LogP contribution in [0.2, 0.25) is 0 Å². The molecule has 1 N–H and O–H groups in total. The molecule has 0 bridgehead atoms. The standard InChI is InChI=1S/C13H14BrNOS/c1-8-4-5-9(2)10(6-8)13(3,16)11-12(14)15-7-17-11/h4-7,16H,1-3H3. The quantitative estimate of drug-likeness (QED) is 0.915. The number of benzene rings is 1. The second-order valence-corrected chi connectivity index (χ2v) is 5.97. The molecule has 0 saturated heterocycles. The van der Waals surface area contributed by atoms with E-state index in [0.29, 0.717) is 4.60 Å². The highest BCUT2D eigenvalue weighted by atomic mass is 79.9. The highest BCUT2D eigenvalue weighted by Crippen LogP contribution is 2.37. The lowest BCUT2D eigenvalue weighted by atomic mass is 9.90. The van der Waals surface area contributed by atoms with Gasteiger partial charge in [-0.3, -0.25) is 0 Å². The van der Waals surface area contributed by atoms with Crippen molar-refractivity contribution < 1.29 is 5.11 Å². The Morgan fingerprint density at radius 3 is 2.65 bits per heavy atom. The van der Waals surface area contributed by atoms with Gasteiger partial charge in [-0.15, -0.1) is 11.3 Å². The van der Waals surface area contributed by atoms with E-state index in [0.717, 1.165) is 21.6 Å². The maximum Gasteiger partial charge on any atom is 0.124 e. The monoisotopic (exact) mass is 311 g/mol. The Morgan fingerprint density at radius 1 is 1.35 bits per heavy atom. The summed E-state index contributed by atoms with van der Waals surface area (Å²) in [4.78, 5) is 4.97. The van der Waals surface area contributed by atoms with Crippen LogP contribution in [0.5, 0.6) is 0 Å². The molecule has 0 aliphatic heterocycles. The molecule has 0 aliphatic carbocycles. The van der Waals surface area contributed by atoms with Crippen LogP contribution in [0, 0.1) is 13.8 Å². The van der Waals surface area contributed by atoms with E-state index in [1.165, 1.54) is 11.3 Å². The van der Waals surface area contributed by atoms with Crippen LogP contribution < -0.4 is 0 Å². The average Bonchev–Trinajstić information content (AvgIpc) is 2.68. The fourth-order valence-electron chi connectivity index (χ4n) is 1.93. The molecule has 1 atom stereocenters. The number of hydrogen-bond acceptors (Lipinski definition) is 3. The zero-order valence-electron chi connectivity index (χ0n) is 9.99. The van der Waals surface area contributed by atoms with E-state index in [-0.39, 0.29) is 0 Å². The lowest BCUT2D eigenvalue weighted by Gasteiger charge is -2.25. The second-order valence-electron chi connectivity index (χ2n) is 4.36. The Labute approximate surface area is 113 Å². The van der Waals surface area contributed by atoms with Crippen LogP contribution in [-0.2, 0) is 5.60 Å². The van der Waals surface area contributed by atoms with Crippen LogP contribution in [0.1, 0.15) is 28.5 Å². The predicted molar refractivity (Wildman–Crippen MR) is 74.4 cm³/mol. The molecule has 1 heterocycles. The number of aliphatic hydroxyl groups is 1. The molecule has 1 unspecified atom stereocenters. The highest BCUT2D eigenvalue weighted by Gasteiger charge is 2.31. The van der Waals surface area contributed by atoms with Gasteiger partial charge in [0.25, 0.3) is 0 Å². The van der Waals surface area contributed by atoms with Gasteiger partial charge in [0.05, 0.1) is 10.4 Å². The molecule has 1 aromatic carbocycles. The van der Waals surface area contributed by atoms with E-state index >= 15 is 0 Å². The Morgan fingerprint density at radius 2 is 2.06 bits per heavy atom. The maximum atomic E-state index is 10.8. The smallest absolute Gasteiger partial charge is 0.124 e. The number of hydrogen-bond donors (Lipinski definition) is 1. The first kappa shape index (κ1) is 12.7. The van der Waals surface area contributed by atoms with Crippen molar-refractivity contribution in [2.75, 3.05) is 0 Å². The fourth-order valence-corrected chi connectivity index (χ4v) is 3.59. The molecule has 2 nitrogen and oxygen atoms in total. The van der Waals surface area contributed by atoms with Crippen molar-refractivity contribution in [1.29, 1.82) is 0 Å². The van der Waals surface area contributed by atoms with Crippen molar-refractivity contribution in [3.8, 4) is 0 Å². The Kier molecular flexibility index (Phi) is 3.39. The van der Waals surface area contributed by atoms with Gasteiger partial charge in [0.15, 0.2) is 0 Å². The third-order valence-corrected chi connectivity index (χ3v) is 4.78. The molecule has 17 heavy (non-hydrogen) atoms. The fraction of sp³-hybridized carbons (Fsp3) is 0.308. The van der Waals surface area contributed by atoms with Crippen LogP contribution in [0.25, 0.3) is 0 Å². The van der Waals surface area contributed by atoms with E-state index in [1.807, 2.05) is 32.9 Å². The first-order valence-electron chi connectivity index (χ1n) is 5.32. The highest BCUT2D eigenvalue weighted by molar-refractivity contribution is 9.10. The van der Waals surface area contributed by atoms with E-state index in [4.69, 9.17) is 0 Å². The van der Waals surface area contributed by atoms with Gasteiger partial charge in [-0.1, -0.05) is 23.8 Å². The first-order valence-corrected chi connectivity index (χ1v) is 6.99. The first-order chi connectivity index (χ1) is 7.93. The largest absolute Gasteiger partial charge is 0.380 e. The summed E-state index contributed by atoms with van der Waals surface area (Å²) in [6.07, 6.45) is 0. The molecule has 0 radical (unpaired) electrons. The minimum Gasteiger partial charge on any atom is -0.380 e. The summed E-state index contributed by atoms with van der Waals surface area (Å²) in [5.74, 6) is 0. The summed E-state index contributed by atoms with van der Waals surface area (Å²) in [6, 6.07) is 6.12. The normalized spacial score (nSPS) is 14.6. The van der Waals surface area contributed by atoms with E-state index in [9.17, 15) is 5.11 Å². The summed E-state index contributed by atoms with van der Waals surface area (Å²) in [5.41, 5.74) is 3.89. The van der Waals surface area contributed by atoms with Crippen LogP contribution in [0.15, 0.2) is 28.3 Å². The van der Waals surface area contributed by atoms with Gasteiger partial charge in [0.1, 0.15) is 10.2 Å². The Balaban J connectivity index is 2.59. The van der Waals surface area contributed by atoms with E-state index in [1.54, 1.807) is 5.51 Å². The number of rotatable bonds is 2. The molecule has 4 heteroatoms. The predicted octanol–water partition coefficient (Wildman–Crippen LogP) is 3.78. The summed E-state index contributed by atoms with van der Waals surface area (Å²) in [6.45, 7) is 5.85. The third-order valence-electron chi connectivity index (χ3n) is 2.88. The number of thiazole rings is 1. The molecule has 0 fully saturated rings. The molecule has 0 spiro atoms. The van der Waals surface area contributed by atoms with Gasteiger partial charge in [0.2, 0.25) is 0 Å². The minimum absolute atomic E-state index is 0.716. The van der Waals surface area contributed by atoms with Crippen molar-refractivity contribution >= 4 is 27.3 Å². The third kappa shape index (κ3) is 2.30. The van der Waals surface area contributed by atoms with E-state index in [2.05, 4.69) is 27.0 Å². The Hall–Kier alpha value is -0.710. The summed E-state index contributed by atoms with van der Waals surface area (Å²) in [7, 11) is 0. The molecule has 0 amide bonds. The van der Waals surface area contributed by atoms with Crippen LogP contribution in [0.3, 0.4) is 0 Å². The van der Waals surface area contributed by atoms with Crippen molar-refractivity contribution in [3.05, 3.63) is 49.9 Å². The van der Waals surface area contributed by atoms with Gasteiger partial charge >= 0.3 is 0 Å². The summed E-state index contributed by atoms with van der Waals surface area (Å²) < 4.78 is 0.716. The lowest BCUT2D eigenvalue weighted by Crippen LogP contribution is -2.23. The van der Waals surface area contributed by atoms with Crippen molar-refractivity contribution in [2.45, 2.75) is 26.4 Å². The summed E-state index contributed by atoms with van der Waals surface area (Å²) >= 11 is 4.84. The van der Waals surface area contributed by atoms with Gasteiger partial charge < -0.3 is 5.11 Å². The Bertz CT molecular complexity index is 548. The van der Waals surface area contributed by atoms with Gasteiger partial charge in [-0.2, -0.15) is 0 Å². The van der Waals surface area contributed by atoms with Crippen molar-refractivity contribution in [3.63, 3.8) is 0 Å². The van der Waals surface area contributed by atoms with Crippen LogP contribution in [-0.4, -0.2) is 10.1 Å². The van der Waals surface area contributed by atoms with Crippen LogP contribution >= 0.6 is 27.3 Å². The molecule has 0 saturated carbocycles. The topological polar surface area (TPSA) is 33.1 Å². The molecule has 1 aromatic heterocycles. The SMILES string of the molecule is Cc1ccc(C)c(C(C)(O)c2scnc2Br)c1. The molecule has 2 aromatic rings. The average molecular weight is 312 g/mol. The number of halogens is 1. The number of aryl methyl sites for hydroxylation is 2. The van der Waals surface area contributed by atoms with Crippen molar-refractivity contribution in [2.24, 2.45) is 0 Å². The minimum atomic E-state index is -1.00. The van der Waals surface area contributed by atoms with Gasteiger partial charge in [0, 0.05) is 0 Å². The lowest BCUT2D eigenvalue weighted by molar-refractivity contribution is 0.104. The number of nitrogens with zero attached hydrogens (tertiary/aromatic N) is 1.